The molecule has 4 unspecified atom stereocenters. The minimum atomic E-state index is -1.15. The Kier molecular flexibility index (Phi) is 8.48. The molecule has 4 N–H and O–H groups in total. The van der Waals surface area contributed by atoms with Crippen LogP contribution in [0.2, 0.25) is 0 Å². The molecule has 178 valence electrons. The Morgan fingerprint density at radius 3 is 2.76 bits per heavy atom. The summed E-state index contributed by atoms with van der Waals surface area (Å²) in [7, 11) is 0. The third-order valence-corrected chi connectivity index (χ3v) is 6.17. The van der Waals surface area contributed by atoms with Crippen molar-refractivity contribution in [1.82, 2.24) is 15.5 Å². The van der Waals surface area contributed by atoms with Gasteiger partial charge in [0.1, 0.15) is 11.8 Å². The van der Waals surface area contributed by atoms with Gasteiger partial charge in [0, 0.05) is 36.9 Å². The molecular formula is C22H27N3O7S. The maximum atomic E-state index is 13.3. The number of thioether (sulfide) groups is 1. The molecule has 3 rings (SSSR count). The van der Waals surface area contributed by atoms with Crippen molar-refractivity contribution in [2.24, 2.45) is 0 Å². The van der Waals surface area contributed by atoms with Crippen molar-refractivity contribution in [3.8, 4) is 0 Å². The number of esters is 1. The average Bonchev–Trinajstić information content (AvgIpc) is 2.80. The summed E-state index contributed by atoms with van der Waals surface area (Å²) in [4.78, 5) is 52.6. The van der Waals surface area contributed by atoms with Gasteiger partial charge >= 0.3 is 5.97 Å². The van der Waals surface area contributed by atoms with E-state index in [1.165, 1.54) is 17.2 Å². The number of rotatable bonds is 0. The molecule has 0 radical (unpaired) electrons. The lowest BCUT2D eigenvalue weighted by atomic mass is 10.1. The topological polar surface area (TPSA) is 145 Å². The summed E-state index contributed by atoms with van der Waals surface area (Å²) >= 11 is 1.05. The minimum Gasteiger partial charge on any atom is -0.460 e. The number of nitrogens with zero attached hydrogens (tertiary/aromatic N) is 1. The molecule has 0 aromatic carbocycles. The lowest BCUT2D eigenvalue weighted by Crippen LogP contribution is -2.46. The summed E-state index contributed by atoms with van der Waals surface area (Å²) in [6, 6.07) is 0. The molecule has 0 saturated heterocycles. The van der Waals surface area contributed by atoms with Crippen molar-refractivity contribution in [3.05, 3.63) is 47.9 Å². The molecule has 11 heteroatoms. The smallest absolute Gasteiger partial charge is 0.339 e. The molecule has 0 aromatic heterocycles. The van der Waals surface area contributed by atoms with Gasteiger partial charge in [0.2, 0.25) is 5.91 Å². The largest absolute Gasteiger partial charge is 0.460 e. The second-order valence-electron chi connectivity index (χ2n) is 7.90. The fourth-order valence-corrected chi connectivity index (χ4v) is 4.32. The fraction of sp³-hybridized carbons (Fsp3) is 0.455. The number of ether oxygens (including phenoxy) is 1. The molecule has 4 bridgehead atoms. The average molecular weight is 478 g/mol. The number of amides is 3. The van der Waals surface area contributed by atoms with Crippen LogP contribution in [0.15, 0.2) is 47.9 Å². The lowest BCUT2D eigenvalue weighted by molar-refractivity contribution is -0.149. The van der Waals surface area contributed by atoms with Crippen LogP contribution < -0.4 is 10.6 Å². The van der Waals surface area contributed by atoms with Gasteiger partial charge in [-0.15, -0.1) is 11.8 Å². The highest BCUT2D eigenvalue weighted by molar-refractivity contribution is 8.00. The first-order valence-electron chi connectivity index (χ1n) is 10.6. The van der Waals surface area contributed by atoms with E-state index in [4.69, 9.17) is 4.74 Å². The Bertz CT molecular complexity index is 927. The zero-order valence-corrected chi connectivity index (χ0v) is 18.9. The number of nitrogens with one attached hydrogen (secondary N) is 2. The molecular weight excluding hydrogens is 450 g/mol. The number of carbonyl (C=O) groups excluding carboxylic acids is 4. The van der Waals surface area contributed by atoms with Crippen LogP contribution in [0.4, 0.5) is 0 Å². The van der Waals surface area contributed by atoms with Crippen molar-refractivity contribution >= 4 is 35.5 Å². The first kappa shape index (κ1) is 24.7. The predicted octanol–water partition coefficient (Wildman–Crippen LogP) is -0.148. The molecule has 0 fully saturated rings. The molecule has 0 aliphatic carbocycles. The Morgan fingerprint density at radius 1 is 1.18 bits per heavy atom. The molecule has 10 nitrogen and oxygen atoms in total. The van der Waals surface area contributed by atoms with E-state index in [1.54, 1.807) is 31.2 Å². The number of allylic oxidation sites excluding steroid dienone is 2. The van der Waals surface area contributed by atoms with Gasteiger partial charge in [-0.2, -0.15) is 0 Å². The molecule has 33 heavy (non-hydrogen) atoms. The van der Waals surface area contributed by atoms with E-state index in [9.17, 15) is 29.4 Å². The van der Waals surface area contributed by atoms with Crippen LogP contribution in [0, 0.1) is 0 Å². The Hall–Kier alpha value is -2.89. The quantitative estimate of drug-likeness (QED) is 0.353. The summed E-state index contributed by atoms with van der Waals surface area (Å²) < 4.78 is 5.36. The third-order valence-electron chi connectivity index (χ3n) is 5.05. The van der Waals surface area contributed by atoms with Crippen molar-refractivity contribution in [1.29, 1.82) is 0 Å². The van der Waals surface area contributed by atoms with E-state index < -0.39 is 41.5 Å². The molecule has 3 heterocycles. The minimum absolute atomic E-state index is 0.0650. The molecule has 0 spiro atoms. The molecule has 4 atom stereocenters. The van der Waals surface area contributed by atoms with Gasteiger partial charge in [-0.3, -0.25) is 14.4 Å². The number of carbonyl (C=O) groups is 4. The van der Waals surface area contributed by atoms with Crippen molar-refractivity contribution in [2.45, 2.75) is 49.9 Å². The Morgan fingerprint density at radius 2 is 1.97 bits per heavy atom. The maximum absolute atomic E-state index is 13.3. The maximum Gasteiger partial charge on any atom is 0.339 e. The summed E-state index contributed by atoms with van der Waals surface area (Å²) in [6.45, 7) is 1.79. The standard InChI is InChI=1S/C22H27N3O7S/c1-13-6-7-14-12-33-20(22(31)32-13)24-19(29)17-11-25(21(14)30)8-4-2-3-5-15(26)9-16(27)10-18(28)23-17/h2-5,7,11,13,15-16,20,26-27H,6,8-10,12H2,1H3,(H,23,28)(H,24,29)/b4-2+,5-3+,14-7?,17-11?. The number of aliphatic hydroxyl groups excluding tert-OH is 2. The van der Waals surface area contributed by atoms with E-state index in [0.717, 1.165) is 11.8 Å². The van der Waals surface area contributed by atoms with Crippen molar-refractivity contribution < 1.29 is 34.1 Å². The van der Waals surface area contributed by atoms with Crippen LogP contribution in [0.3, 0.4) is 0 Å². The zero-order chi connectivity index (χ0) is 24.0. The predicted molar refractivity (Wildman–Crippen MR) is 120 cm³/mol. The number of fused-ring (bicyclic) bond motifs is 4. The van der Waals surface area contributed by atoms with E-state index >= 15 is 0 Å². The molecule has 3 amide bonds. The van der Waals surface area contributed by atoms with Gasteiger partial charge in [0.25, 0.3) is 11.8 Å². The van der Waals surface area contributed by atoms with Gasteiger partial charge in [-0.25, -0.2) is 4.79 Å². The van der Waals surface area contributed by atoms with Gasteiger partial charge in [0.05, 0.1) is 18.6 Å². The second-order valence-corrected chi connectivity index (χ2v) is 8.99. The van der Waals surface area contributed by atoms with Gasteiger partial charge in [0.15, 0.2) is 5.37 Å². The van der Waals surface area contributed by atoms with Gasteiger partial charge in [-0.1, -0.05) is 30.4 Å². The summed E-state index contributed by atoms with van der Waals surface area (Å²) in [6.07, 6.45) is 6.58. The second kappa shape index (κ2) is 11.3. The SMILES string of the molecule is CC1CC=C2CSC(NC(=O)C3=CN(C/C=C/C=C/C(O)CC(O)CC(=O)N3)C2=O)C(=O)O1. The van der Waals surface area contributed by atoms with Crippen LogP contribution in [0.1, 0.15) is 26.2 Å². The highest BCUT2D eigenvalue weighted by Crippen LogP contribution is 2.23. The number of aliphatic hydroxyl groups is 2. The molecule has 0 saturated carbocycles. The van der Waals surface area contributed by atoms with Crippen LogP contribution >= 0.6 is 11.8 Å². The first-order valence-corrected chi connectivity index (χ1v) is 11.6. The Balaban J connectivity index is 2.03. The van der Waals surface area contributed by atoms with Gasteiger partial charge < -0.3 is 30.5 Å². The molecule has 3 aliphatic heterocycles. The van der Waals surface area contributed by atoms with E-state index in [1.807, 2.05) is 0 Å². The van der Waals surface area contributed by atoms with Crippen molar-refractivity contribution in [2.75, 3.05) is 12.3 Å². The monoisotopic (exact) mass is 477 g/mol. The summed E-state index contributed by atoms with van der Waals surface area (Å²) in [5, 5.41) is 24.0. The Labute approximate surface area is 195 Å². The van der Waals surface area contributed by atoms with Crippen molar-refractivity contribution in [3.63, 3.8) is 0 Å². The fourth-order valence-electron chi connectivity index (χ4n) is 3.35. The molecule has 3 aliphatic rings. The zero-order valence-electron chi connectivity index (χ0n) is 18.1. The van der Waals surface area contributed by atoms with E-state index in [0.29, 0.717) is 12.0 Å². The van der Waals surface area contributed by atoms with Crippen LogP contribution in [-0.2, 0) is 23.9 Å². The number of cyclic esters (lactones) is 1. The van der Waals surface area contributed by atoms with Gasteiger partial charge in [-0.05, 0) is 6.92 Å². The van der Waals surface area contributed by atoms with Crippen LogP contribution in [0.25, 0.3) is 0 Å². The normalized spacial score (nSPS) is 31.9. The highest BCUT2D eigenvalue weighted by Gasteiger charge is 2.31. The number of hydrogen-bond acceptors (Lipinski definition) is 8. The first-order chi connectivity index (χ1) is 15.7. The van der Waals surface area contributed by atoms with E-state index in [-0.39, 0.29) is 36.7 Å². The van der Waals surface area contributed by atoms with Crippen LogP contribution in [0.5, 0.6) is 0 Å². The summed E-state index contributed by atoms with van der Waals surface area (Å²) in [5.74, 6) is -2.31. The highest BCUT2D eigenvalue weighted by atomic mass is 32.2. The third kappa shape index (κ3) is 7.04. The lowest BCUT2D eigenvalue weighted by Gasteiger charge is -2.24. The van der Waals surface area contributed by atoms with Crippen LogP contribution in [-0.4, -0.2) is 74.8 Å². The van der Waals surface area contributed by atoms with E-state index in [2.05, 4.69) is 10.6 Å². The number of hydrogen-bond donors (Lipinski definition) is 4. The summed E-state index contributed by atoms with van der Waals surface area (Å²) in [5.41, 5.74) is 0.179. The molecule has 0 aromatic rings.